The van der Waals surface area contributed by atoms with E-state index in [9.17, 15) is 0 Å². The van der Waals surface area contributed by atoms with Crippen molar-refractivity contribution in [2.45, 2.75) is 40.5 Å². The molecular weight excluding hydrogens is 216 g/mol. The van der Waals surface area contributed by atoms with Crippen molar-refractivity contribution in [3.8, 4) is 0 Å². The lowest BCUT2D eigenvalue weighted by atomic mass is 8.88. The van der Waals surface area contributed by atoms with Crippen LogP contribution in [0.5, 0.6) is 0 Å². The first kappa shape index (κ1) is 9.03. The van der Waals surface area contributed by atoms with Crippen molar-refractivity contribution in [3.05, 3.63) is 0 Å². The van der Waals surface area contributed by atoms with Crippen molar-refractivity contribution in [1.29, 1.82) is 0 Å². The zero-order valence-electron chi connectivity index (χ0n) is 12.0. The van der Waals surface area contributed by atoms with Gasteiger partial charge in [0.15, 0.2) is 0 Å². The Hall–Kier alpha value is 0. The molecule has 0 nitrogen and oxygen atoms in total. The van der Waals surface area contributed by atoms with E-state index in [0.717, 1.165) is 34.0 Å². The minimum absolute atomic E-state index is 0.671. The highest BCUT2D eigenvalue weighted by molar-refractivity contribution is 5.58. The summed E-state index contributed by atoms with van der Waals surface area (Å²) in [6, 6.07) is 0. The highest BCUT2D eigenvalue weighted by atomic mass is 15.2. The Morgan fingerprint density at radius 3 is 2.11 bits per heavy atom. The van der Waals surface area contributed by atoms with E-state index < -0.39 is 0 Å². The zero-order chi connectivity index (χ0) is 12.0. The van der Waals surface area contributed by atoms with Gasteiger partial charge in [-0.05, 0) is 81.8 Å². The molecule has 0 heterocycles. The standard InChI is InChI=1S/C18H24/c1-7-13-14-11-6-9-5-10-12-8(2)17(13,15(7,3)4)18(12,14)16(9,10)11/h7-14H,5-6H2,1-4H3. The lowest BCUT2D eigenvalue weighted by Crippen LogP contribution is -3.13. The predicted molar refractivity (Wildman–Crippen MR) is 69.6 cm³/mol. The highest BCUT2D eigenvalue weighted by Crippen LogP contribution is 3.16. The zero-order valence-corrected chi connectivity index (χ0v) is 12.0. The molecule has 11 atom stereocenters. The van der Waals surface area contributed by atoms with Crippen LogP contribution < -0.4 is 0 Å². The van der Waals surface area contributed by atoms with Gasteiger partial charge in [-0.25, -0.2) is 0 Å². The maximum atomic E-state index is 2.65. The fourth-order valence-corrected chi connectivity index (χ4v) is 11.6. The summed E-state index contributed by atoms with van der Waals surface area (Å²) in [7, 11) is 0. The van der Waals surface area contributed by atoms with Gasteiger partial charge in [0, 0.05) is 0 Å². The molecule has 0 N–H and O–H groups in total. The first-order valence-electron chi connectivity index (χ1n) is 8.51. The van der Waals surface area contributed by atoms with Crippen molar-refractivity contribution in [3.63, 3.8) is 0 Å². The molecular formula is C18H24. The molecule has 0 heteroatoms. The SMILES string of the molecule is CC1C2C3C4CC5CC6C7C(C)C2(C1(C)C)C73C564. The second kappa shape index (κ2) is 1.74. The molecule has 7 fully saturated rings. The van der Waals surface area contributed by atoms with Gasteiger partial charge >= 0.3 is 0 Å². The topological polar surface area (TPSA) is 0 Å². The fourth-order valence-electron chi connectivity index (χ4n) is 11.6. The molecule has 3 spiro atoms. The molecule has 0 aliphatic heterocycles. The van der Waals surface area contributed by atoms with Gasteiger partial charge in [-0.1, -0.05) is 27.7 Å². The molecule has 0 aromatic carbocycles. The molecule has 96 valence electrons. The molecule has 0 aromatic rings. The van der Waals surface area contributed by atoms with E-state index in [-0.39, 0.29) is 0 Å². The van der Waals surface area contributed by atoms with Gasteiger partial charge in [0.2, 0.25) is 0 Å². The van der Waals surface area contributed by atoms with E-state index in [2.05, 4.69) is 27.7 Å². The second-order valence-corrected chi connectivity index (χ2v) is 9.93. The molecule has 0 aromatic heterocycles. The van der Waals surface area contributed by atoms with Crippen molar-refractivity contribution >= 4 is 0 Å². The van der Waals surface area contributed by atoms with Crippen molar-refractivity contribution in [2.24, 2.45) is 69.0 Å². The average molecular weight is 240 g/mol. The van der Waals surface area contributed by atoms with Crippen LogP contribution in [0.3, 0.4) is 0 Å². The third kappa shape index (κ3) is 0.339. The van der Waals surface area contributed by atoms with Gasteiger partial charge in [-0.3, -0.25) is 0 Å². The Kier molecular flexibility index (Phi) is 0.873. The number of hydrogen-bond acceptors (Lipinski definition) is 0. The minimum atomic E-state index is 0.671. The normalized spacial score (nSPS) is 88.7. The highest BCUT2D eigenvalue weighted by Gasteiger charge is 3.12. The van der Waals surface area contributed by atoms with Crippen LogP contribution in [0.15, 0.2) is 0 Å². The molecule has 7 rings (SSSR count). The Morgan fingerprint density at radius 2 is 1.44 bits per heavy atom. The van der Waals surface area contributed by atoms with E-state index in [1.54, 1.807) is 12.8 Å². The van der Waals surface area contributed by atoms with Crippen LogP contribution in [0.4, 0.5) is 0 Å². The summed E-state index contributed by atoms with van der Waals surface area (Å²) in [5.74, 6) is 9.39. The van der Waals surface area contributed by atoms with E-state index >= 15 is 0 Å². The lowest BCUT2D eigenvalue weighted by Gasteiger charge is -3.16. The van der Waals surface area contributed by atoms with Crippen LogP contribution in [0.2, 0.25) is 0 Å². The summed E-state index contributed by atoms with van der Waals surface area (Å²) in [6.07, 6.45) is 3.31. The molecule has 0 radical (unpaired) electrons. The van der Waals surface area contributed by atoms with Crippen molar-refractivity contribution in [2.75, 3.05) is 0 Å². The van der Waals surface area contributed by atoms with Crippen LogP contribution in [-0.4, -0.2) is 0 Å². The fraction of sp³-hybridized carbons (Fsp3) is 1.00. The monoisotopic (exact) mass is 240 g/mol. The first-order chi connectivity index (χ1) is 8.51. The smallest absolute Gasteiger partial charge is 0.00977 e. The number of fused-ring (bicyclic) bond motifs is 3. The third-order valence-electron chi connectivity index (χ3n) is 11.2. The summed E-state index contributed by atoms with van der Waals surface area (Å²) >= 11 is 0. The van der Waals surface area contributed by atoms with Crippen LogP contribution >= 0.6 is 0 Å². The van der Waals surface area contributed by atoms with E-state index in [1.165, 1.54) is 29.6 Å². The lowest BCUT2D eigenvalue weighted by molar-refractivity contribution is -0.697. The van der Waals surface area contributed by atoms with E-state index in [1.807, 2.05) is 0 Å². The Morgan fingerprint density at radius 1 is 0.778 bits per heavy atom. The second-order valence-electron chi connectivity index (χ2n) is 9.93. The summed E-state index contributed by atoms with van der Waals surface area (Å²) in [6.45, 7) is 10.5. The van der Waals surface area contributed by atoms with E-state index in [4.69, 9.17) is 0 Å². The van der Waals surface area contributed by atoms with Gasteiger partial charge in [-0.2, -0.15) is 0 Å². The van der Waals surface area contributed by atoms with Crippen molar-refractivity contribution < 1.29 is 0 Å². The Balaban J connectivity index is 1.51. The molecule has 7 aliphatic rings. The third-order valence-corrected chi connectivity index (χ3v) is 11.2. The summed E-state index contributed by atoms with van der Waals surface area (Å²) < 4.78 is 0. The van der Waals surface area contributed by atoms with Gasteiger partial charge in [0.25, 0.3) is 0 Å². The van der Waals surface area contributed by atoms with Crippen LogP contribution in [0, 0.1) is 69.0 Å². The molecule has 7 aliphatic carbocycles. The van der Waals surface area contributed by atoms with Crippen LogP contribution in [0.1, 0.15) is 40.5 Å². The van der Waals surface area contributed by atoms with Gasteiger partial charge in [-0.15, -0.1) is 0 Å². The van der Waals surface area contributed by atoms with E-state index in [0.29, 0.717) is 5.41 Å². The quantitative estimate of drug-likeness (QED) is 0.604. The average Bonchev–Trinajstić information content (AvgIpc) is 2.24. The van der Waals surface area contributed by atoms with Gasteiger partial charge in [0.05, 0.1) is 0 Å². The predicted octanol–water partition coefficient (Wildman–Crippen LogP) is 3.82. The minimum Gasteiger partial charge on any atom is -0.0617 e. The van der Waals surface area contributed by atoms with Crippen LogP contribution in [0.25, 0.3) is 0 Å². The van der Waals surface area contributed by atoms with Gasteiger partial charge < -0.3 is 0 Å². The number of hydrogen-bond donors (Lipinski definition) is 0. The summed E-state index contributed by atoms with van der Waals surface area (Å²) in [4.78, 5) is 0. The Labute approximate surface area is 110 Å². The molecule has 11 unspecified atom stereocenters. The van der Waals surface area contributed by atoms with Gasteiger partial charge in [0.1, 0.15) is 0 Å². The molecule has 18 heavy (non-hydrogen) atoms. The first-order valence-corrected chi connectivity index (χ1v) is 8.51. The Bertz CT molecular complexity index is 560. The van der Waals surface area contributed by atoms with Crippen molar-refractivity contribution in [1.82, 2.24) is 0 Å². The molecule has 7 saturated carbocycles. The molecule has 0 amide bonds. The van der Waals surface area contributed by atoms with Crippen LogP contribution in [-0.2, 0) is 0 Å². The molecule has 0 saturated heterocycles. The summed E-state index contributed by atoms with van der Waals surface area (Å²) in [5, 5.41) is 0. The maximum absolute atomic E-state index is 2.65. The summed E-state index contributed by atoms with van der Waals surface area (Å²) in [5.41, 5.74) is 3.46. The number of rotatable bonds is 0. The maximum Gasteiger partial charge on any atom is -0.00977 e. The molecule has 0 bridgehead atoms. The largest absolute Gasteiger partial charge is 0.0617 e.